The van der Waals surface area contributed by atoms with Gasteiger partial charge < -0.3 is 14.6 Å². The van der Waals surface area contributed by atoms with Crippen LogP contribution in [-0.2, 0) is 19.1 Å². The highest BCUT2D eigenvalue weighted by Gasteiger charge is 2.16. The van der Waals surface area contributed by atoms with Gasteiger partial charge in [-0.3, -0.25) is 0 Å². The second kappa shape index (κ2) is 7.87. The van der Waals surface area contributed by atoms with Crippen molar-refractivity contribution >= 4 is 11.9 Å². The predicted molar refractivity (Wildman–Crippen MR) is 64.7 cm³/mol. The zero-order chi connectivity index (χ0) is 13.4. The molecule has 0 bridgehead atoms. The minimum Gasteiger partial charge on any atom is -0.460 e. The molecule has 0 aromatic carbocycles. The molecule has 1 saturated carbocycles. The molecule has 0 spiro atoms. The first kappa shape index (κ1) is 14.7. The number of carbonyl (C=O) groups excluding carboxylic acids is 2. The molecule has 0 amide bonds. The minimum atomic E-state index is -0.712. The van der Waals surface area contributed by atoms with E-state index in [-0.39, 0.29) is 12.7 Å². The molecule has 5 heteroatoms. The zero-order valence-electron chi connectivity index (χ0n) is 10.6. The lowest BCUT2D eigenvalue weighted by atomic mass is 9.98. The van der Waals surface area contributed by atoms with Crippen LogP contribution in [0.3, 0.4) is 0 Å². The van der Waals surface area contributed by atoms with Crippen LogP contribution < -0.4 is 0 Å². The topological polar surface area (TPSA) is 72.8 Å². The molecule has 0 saturated heterocycles. The van der Waals surface area contributed by atoms with Crippen LogP contribution in [-0.4, -0.2) is 35.9 Å². The van der Waals surface area contributed by atoms with E-state index in [0.717, 1.165) is 37.8 Å². The predicted octanol–water partition coefficient (Wildman–Crippen LogP) is 1.34. The number of carbonyl (C=O) groups is 2. The van der Waals surface area contributed by atoms with Crippen LogP contribution in [0.4, 0.5) is 0 Å². The van der Waals surface area contributed by atoms with Crippen LogP contribution in [0, 0.1) is 0 Å². The third-order valence-corrected chi connectivity index (χ3v) is 2.66. The van der Waals surface area contributed by atoms with Crippen LogP contribution in [0.1, 0.15) is 39.0 Å². The van der Waals surface area contributed by atoms with Gasteiger partial charge >= 0.3 is 11.9 Å². The van der Waals surface area contributed by atoms with Gasteiger partial charge in [0.25, 0.3) is 0 Å². The Bertz CT molecular complexity index is 303. The van der Waals surface area contributed by atoms with E-state index in [1.807, 2.05) is 0 Å². The molecule has 5 nitrogen and oxygen atoms in total. The summed E-state index contributed by atoms with van der Waals surface area (Å²) >= 11 is 0. The fraction of sp³-hybridized carbons (Fsp3) is 0.692. The smallest absolute Gasteiger partial charge is 0.331 e. The van der Waals surface area contributed by atoms with Crippen LogP contribution in [0.25, 0.3) is 0 Å². The summed E-state index contributed by atoms with van der Waals surface area (Å²) in [6.45, 7) is 1.43. The highest BCUT2D eigenvalue weighted by atomic mass is 16.5. The molecule has 0 aromatic heterocycles. The van der Waals surface area contributed by atoms with Gasteiger partial charge in [-0.2, -0.15) is 0 Å². The van der Waals surface area contributed by atoms with Crippen molar-refractivity contribution in [2.45, 2.75) is 51.2 Å². The summed E-state index contributed by atoms with van der Waals surface area (Å²) in [7, 11) is 0. The van der Waals surface area contributed by atoms with E-state index in [2.05, 4.69) is 4.74 Å². The van der Waals surface area contributed by atoms with Crippen molar-refractivity contribution in [1.29, 1.82) is 0 Å². The number of ether oxygens (including phenoxy) is 2. The number of hydrogen-bond acceptors (Lipinski definition) is 5. The summed E-state index contributed by atoms with van der Waals surface area (Å²) in [6, 6.07) is 0. The Balaban J connectivity index is 2.23. The quantitative estimate of drug-likeness (QED) is 0.593. The van der Waals surface area contributed by atoms with Gasteiger partial charge in [0.2, 0.25) is 0 Å². The van der Waals surface area contributed by atoms with Crippen LogP contribution in [0.2, 0.25) is 0 Å². The number of esters is 2. The standard InChI is InChI=1S/C13H20O5/c1-10(14)9-17-12(15)7-8-13(16)18-11-5-3-2-4-6-11/h7-8,10-11,14H,2-6,9H2,1H3. The molecular formula is C13H20O5. The van der Waals surface area contributed by atoms with E-state index >= 15 is 0 Å². The van der Waals surface area contributed by atoms with Gasteiger partial charge in [-0.15, -0.1) is 0 Å². The fourth-order valence-electron chi connectivity index (χ4n) is 1.77. The summed E-state index contributed by atoms with van der Waals surface area (Å²) in [6.07, 6.45) is 6.50. The van der Waals surface area contributed by atoms with E-state index in [1.165, 1.54) is 13.3 Å². The first-order valence-electron chi connectivity index (χ1n) is 6.31. The largest absolute Gasteiger partial charge is 0.460 e. The van der Waals surface area contributed by atoms with Crippen LogP contribution in [0.15, 0.2) is 12.2 Å². The Morgan fingerprint density at radius 3 is 2.44 bits per heavy atom. The van der Waals surface area contributed by atoms with Crippen molar-refractivity contribution in [2.75, 3.05) is 6.61 Å². The summed E-state index contributed by atoms with van der Waals surface area (Å²) in [5.74, 6) is -1.17. The van der Waals surface area contributed by atoms with Gasteiger partial charge in [0, 0.05) is 12.2 Å². The molecular weight excluding hydrogens is 236 g/mol. The highest BCUT2D eigenvalue weighted by Crippen LogP contribution is 2.20. The third-order valence-electron chi connectivity index (χ3n) is 2.66. The number of aliphatic hydroxyl groups is 1. The maximum atomic E-state index is 11.4. The summed E-state index contributed by atoms with van der Waals surface area (Å²) < 4.78 is 9.84. The molecule has 1 unspecified atom stereocenters. The molecule has 1 aliphatic carbocycles. The Morgan fingerprint density at radius 2 is 1.83 bits per heavy atom. The number of aliphatic hydroxyl groups excluding tert-OH is 1. The zero-order valence-corrected chi connectivity index (χ0v) is 10.6. The van der Waals surface area contributed by atoms with Gasteiger partial charge in [0.15, 0.2) is 0 Å². The first-order valence-corrected chi connectivity index (χ1v) is 6.31. The van der Waals surface area contributed by atoms with Crippen LogP contribution >= 0.6 is 0 Å². The average molecular weight is 256 g/mol. The van der Waals surface area contributed by atoms with Crippen molar-refractivity contribution in [1.82, 2.24) is 0 Å². The Kier molecular flexibility index (Phi) is 6.43. The van der Waals surface area contributed by atoms with Crippen LogP contribution in [0.5, 0.6) is 0 Å². The highest BCUT2D eigenvalue weighted by molar-refractivity contribution is 5.91. The molecule has 1 aliphatic rings. The van der Waals surface area contributed by atoms with Gasteiger partial charge in [-0.1, -0.05) is 6.42 Å². The second-order valence-electron chi connectivity index (χ2n) is 4.51. The average Bonchev–Trinajstić information content (AvgIpc) is 2.35. The molecule has 18 heavy (non-hydrogen) atoms. The lowest BCUT2D eigenvalue weighted by Gasteiger charge is -2.20. The lowest BCUT2D eigenvalue weighted by Crippen LogP contribution is -2.20. The molecule has 1 atom stereocenters. The van der Waals surface area contributed by atoms with Crippen molar-refractivity contribution < 1.29 is 24.2 Å². The molecule has 0 aromatic rings. The maximum Gasteiger partial charge on any atom is 0.331 e. The monoisotopic (exact) mass is 256 g/mol. The van der Waals surface area contributed by atoms with E-state index < -0.39 is 18.0 Å². The van der Waals surface area contributed by atoms with E-state index in [0.29, 0.717) is 0 Å². The van der Waals surface area contributed by atoms with E-state index in [1.54, 1.807) is 0 Å². The van der Waals surface area contributed by atoms with Crippen molar-refractivity contribution in [3.8, 4) is 0 Å². The molecule has 1 N–H and O–H groups in total. The number of hydrogen-bond donors (Lipinski definition) is 1. The Hall–Kier alpha value is -1.36. The van der Waals surface area contributed by atoms with Gasteiger partial charge in [-0.05, 0) is 32.6 Å². The van der Waals surface area contributed by atoms with Crippen molar-refractivity contribution in [2.24, 2.45) is 0 Å². The summed E-state index contributed by atoms with van der Waals surface area (Å²) in [5, 5.41) is 8.90. The van der Waals surface area contributed by atoms with Gasteiger partial charge in [0.1, 0.15) is 12.7 Å². The second-order valence-corrected chi connectivity index (χ2v) is 4.51. The maximum absolute atomic E-state index is 11.4. The molecule has 1 fully saturated rings. The van der Waals surface area contributed by atoms with E-state index in [4.69, 9.17) is 9.84 Å². The lowest BCUT2D eigenvalue weighted by molar-refractivity contribution is -0.145. The van der Waals surface area contributed by atoms with Gasteiger partial charge in [-0.25, -0.2) is 9.59 Å². The number of rotatable bonds is 5. The molecule has 102 valence electrons. The molecule has 1 rings (SSSR count). The third kappa shape index (κ3) is 6.39. The van der Waals surface area contributed by atoms with E-state index in [9.17, 15) is 9.59 Å². The first-order chi connectivity index (χ1) is 8.58. The summed E-state index contributed by atoms with van der Waals surface area (Å²) in [4.78, 5) is 22.5. The molecule has 0 radical (unpaired) electrons. The Labute approximate surface area is 107 Å². The van der Waals surface area contributed by atoms with Crippen molar-refractivity contribution in [3.63, 3.8) is 0 Å². The van der Waals surface area contributed by atoms with Gasteiger partial charge in [0.05, 0.1) is 6.10 Å². The normalized spacial score (nSPS) is 18.6. The minimum absolute atomic E-state index is 0.0237. The summed E-state index contributed by atoms with van der Waals surface area (Å²) in [5.41, 5.74) is 0. The Morgan fingerprint density at radius 1 is 1.22 bits per heavy atom. The van der Waals surface area contributed by atoms with Crippen molar-refractivity contribution in [3.05, 3.63) is 12.2 Å². The fourth-order valence-corrected chi connectivity index (χ4v) is 1.77. The molecule has 0 aliphatic heterocycles. The SMILES string of the molecule is CC(O)COC(=O)C=CC(=O)OC1CCCCC1. The molecule has 0 heterocycles.